The molecule has 0 saturated carbocycles. The highest BCUT2D eigenvalue weighted by Crippen LogP contribution is 2.32. The molecule has 0 atom stereocenters. The first-order valence-corrected chi connectivity index (χ1v) is 7.40. The molecule has 1 heterocycles. The van der Waals surface area contributed by atoms with E-state index in [0.29, 0.717) is 12.2 Å². The lowest BCUT2D eigenvalue weighted by molar-refractivity contribution is 0.629. The third-order valence-corrected chi connectivity index (χ3v) is 5.53. The topological polar surface area (TPSA) is 12.0 Å². The second-order valence-electron chi connectivity index (χ2n) is 3.67. The van der Waals surface area contributed by atoms with E-state index in [4.69, 9.17) is 0 Å². The zero-order chi connectivity index (χ0) is 12.4. The van der Waals surface area contributed by atoms with E-state index >= 15 is 0 Å². The van der Waals surface area contributed by atoms with E-state index in [-0.39, 0.29) is 5.82 Å². The second-order valence-corrected chi connectivity index (χ2v) is 6.98. The summed E-state index contributed by atoms with van der Waals surface area (Å²) in [5.41, 5.74) is 1.46. The van der Waals surface area contributed by atoms with Gasteiger partial charge in [-0.1, -0.05) is 6.07 Å². The zero-order valence-corrected chi connectivity index (χ0v) is 13.0. The fraction of sp³-hybridized carbons (Fsp3) is 0.167. The van der Waals surface area contributed by atoms with Crippen LogP contribution in [0.5, 0.6) is 0 Å². The SMILES string of the molecule is Cc1ccc(NCc2cc(Br)c(Br)s2)c(F)c1. The van der Waals surface area contributed by atoms with E-state index in [0.717, 1.165) is 18.7 Å². The molecule has 5 heteroatoms. The molecule has 0 aliphatic rings. The number of thiophene rings is 1. The molecule has 17 heavy (non-hydrogen) atoms. The predicted octanol–water partition coefficient (Wildman–Crippen LogP) is 5.33. The summed E-state index contributed by atoms with van der Waals surface area (Å²) in [6, 6.07) is 7.21. The van der Waals surface area contributed by atoms with Crippen LogP contribution in [0.1, 0.15) is 10.4 Å². The number of halogens is 3. The molecule has 2 rings (SSSR count). The smallest absolute Gasteiger partial charge is 0.146 e. The summed E-state index contributed by atoms with van der Waals surface area (Å²) in [6.45, 7) is 2.50. The van der Waals surface area contributed by atoms with Gasteiger partial charge in [-0.2, -0.15) is 0 Å². The Hall–Kier alpha value is -0.390. The van der Waals surface area contributed by atoms with Gasteiger partial charge >= 0.3 is 0 Å². The first-order chi connectivity index (χ1) is 8.06. The van der Waals surface area contributed by atoms with Crippen molar-refractivity contribution < 1.29 is 4.39 Å². The van der Waals surface area contributed by atoms with Crippen molar-refractivity contribution in [2.75, 3.05) is 5.32 Å². The molecule has 90 valence electrons. The standard InChI is InChI=1S/C12H10Br2FNS/c1-7-2-3-11(10(15)4-7)16-6-8-5-9(13)12(14)17-8/h2-5,16H,6H2,1H3. The van der Waals surface area contributed by atoms with Crippen LogP contribution in [0.25, 0.3) is 0 Å². The molecule has 0 saturated heterocycles. The van der Waals surface area contributed by atoms with Gasteiger partial charge in [0.15, 0.2) is 0 Å². The van der Waals surface area contributed by atoms with Crippen molar-refractivity contribution in [3.05, 3.63) is 48.8 Å². The zero-order valence-electron chi connectivity index (χ0n) is 9.06. The Morgan fingerprint density at radius 2 is 2.06 bits per heavy atom. The number of nitrogens with one attached hydrogen (secondary N) is 1. The summed E-state index contributed by atoms with van der Waals surface area (Å²) in [7, 11) is 0. The highest BCUT2D eigenvalue weighted by Gasteiger charge is 2.05. The van der Waals surface area contributed by atoms with Gasteiger partial charge in [0.05, 0.1) is 9.47 Å². The van der Waals surface area contributed by atoms with Gasteiger partial charge in [0.1, 0.15) is 5.82 Å². The Morgan fingerprint density at radius 1 is 1.29 bits per heavy atom. The Balaban J connectivity index is 2.07. The molecule has 0 bridgehead atoms. The molecule has 0 spiro atoms. The van der Waals surface area contributed by atoms with Crippen molar-refractivity contribution >= 4 is 48.9 Å². The minimum atomic E-state index is -0.209. The Bertz CT molecular complexity index is 520. The maximum atomic E-state index is 13.6. The molecule has 0 unspecified atom stereocenters. The lowest BCUT2D eigenvalue weighted by atomic mass is 10.2. The summed E-state index contributed by atoms with van der Waals surface area (Å²) in [6.07, 6.45) is 0. The van der Waals surface area contributed by atoms with Gasteiger partial charge in [-0.25, -0.2) is 4.39 Å². The number of benzene rings is 1. The van der Waals surface area contributed by atoms with Crippen LogP contribution in [-0.4, -0.2) is 0 Å². The first kappa shape index (κ1) is 13.1. The van der Waals surface area contributed by atoms with Gasteiger partial charge in [0.25, 0.3) is 0 Å². The Labute approximate surface area is 120 Å². The minimum absolute atomic E-state index is 0.209. The van der Waals surface area contributed by atoms with Crippen LogP contribution >= 0.6 is 43.2 Å². The van der Waals surface area contributed by atoms with Crippen molar-refractivity contribution in [2.45, 2.75) is 13.5 Å². The molecule has 1 N–H and O–H groups in total. The van der Waals surface area contributed by atoms with Crippen LogP contribution in [0, 0.1) is 12.7 Å². The van der Waals surface area contributed by atoms with Crippen LogP contribution in [0.3, 0.4) is 0 Å². The third kappa shape index (κ3) is 3.30. The number of anilines is 1. The van der Waals surface area contributed by atoms with E-state index < -0.39 is 0 Å². The fourth-order valence-electron chi connectivity index (χ4n) is 1.42. The number of hydrogen-bond acceptors (Lipinski definition) is 2. The largest absolute Gasteiger partial charge is 0.378 e. The average Bonchev–Trinajstić information content (AvgIpc) is 2.57. The predicted molar refractivity (Wildman–Crippen MR) is 78.2 cm³/mol. The molecule has 0 fully saturated rings. The van der Waals surface area contributed by atoms with Crippen molar-refractivity contribution in [1.29, 1.82) is 0 Å². The molecular formula is C12H10Br2FNS. The molecule has 1 nitrogen and oxygen atoms in total. The molecule has 0 amide bonds. The van der Waals surface area contributed by atoms with E-state index in [1.807, 2.05) is 19.1 Å². The average molecular weight is 379 g/mol. The fourth-order valence-corrected chi connectivity index (χ4v) is 3.54. The van der Waals surface area contributed by atoms with Gasteiger partial charge in [0, 0.05) is 15.9 Å². The lowest BCUT2D eigenvalue weighted by Crippen LogP contribution is -1.99. The van der Waals surface area contributed by atoms with Crippen LogP contribution in [0.4, 0.5) is 10.1 Å². The summed E-state index contributed by atoms with van der Waals surface area (Å²) in [4.78, 5) is 1.14. The van der Waals surface area contributed by atoms with Gasteiger partial charge in [0.2, 0.25) is 0 Å². The van der Waals surface area contributed by atoms with Crippen LogP contribution < -0.4 is 5.32 Å². The second kappa shape index (κ2) is 5.50. The van der Waals surface area contributed by atoms with E-state index in [2.05, 4.69) is 37.2 Å². The Morgan fingerprint density at radius 3 is 2.65 bits per heavy atom. The molecule has 2 aromatic rings. The third-order valence-electron chi connectivity index (χ3n) is 2.27. The summed E-state index contributed by atoms with van der Waals surface area (Å²) in [5, 5.41) is 3.09. The molecule has 1 aromatic heterocycles. The highest BCUT2D eigenvalue weighted by molar-refractivity contribution is 9.13. The molecule has 0 radical (unpaired) electrons. The molecular weight excluding hydrogens is 369 g/mol. The monoisotopic (exact) mass is 377 g/mol. The highest BCUT2D eigenvalue weighted by atomic mass is 79.9. The summed E-state index contributed by atoms with van der Waals surface area (Å²) >= 11 is 8.49. The van der Waals surface area contributed by atoms with Gasteiger partial charge in [-0.05, 0) is 62.5 Å². The van der Waals surface area contributed by atoms with Crippen molar-refractivity contribution in [1.82, 2.24) is 0 Å². The maximum Gasteiger partial charge on any atom is 0.146 e. The van der Waals surface area contributed by atoms with Crippen molar-refractivity contribution in [3.63, 3.8) is 0 Å². The quantitative estimate of drug-likeness (QED) is 0.760. The molecule has 1 aromatic carbocycles. The van der Waals surface area contributed by atoms with E-state index in [1.54, 1.807) is 17.4 Å². The number of rotatable bonds is 3. The van der Waals surface area contributed by atoms with Gasteiger partial charge in [-0.3, -0.25) is 0 Å². The van der Waals surface area contributed by atoms with Crippen molar-refractivity contribution in [3.8, 4) is 0 Å². The van der Waals surface area contributed by atoms with Crippen LogP contribution in [-0.2, 0) is 6.54 Å². The maximum absolute atomic E-state index is 13.6. The first-order valence-electron chi connectivity index (χ1n) is 5.00. The number of hydrogen-bond donors (Lipinski definition) is 1. The minimum Gasteiger partial charge on any atom is -0.378 e. The molecule has 0 aliphatic heterocycles. The van der Waals surface area contributed by atoms with Crippen LogP contribution in [0.15, 0.2) is 32.5 Å². The van der Waals surface area contributed by atoms with Crippen molar-refractivity contribution in [2.24, 2.45) is 0 Å². The normalized spacial score (nSPS) is 10.6. The van der Waals surface area contributed by atoms with Crippen LogP contribution in [0.2, 0.25) is 0 Å². The lowest BCUT2D eigenvalue weighted by Gasteiger charge is -2.06. The van der Waals surface area contributed by atoms with Gasteiger partial charge < -0.3 is 5.32 Å². The Kier molecular flexibility index (Phi) is 4.22. The molecule has 0 aliphatic carbocycles. The number of aryl methyl sites for hydroxylation is 1. The summed E-state index contributed by atoms with van der Waals surface area (Å²) in [5.74, 6) is -0.209. The van der Waals surface area contributed by atoms with Gasteiger partial charge in [-0.15, -0.1) is 11.3 Å². The van der Waals surface area contributed by atoms with E-state index in [1.165, 1.54) is 6.07 Å². The summed E-state index contributed by atoms with van der Waals surface area (Å²) < 4.78 is 15.6. The van der Waals surface area contributed by atoms with E-state index in [9.17, 15) is 4.39 Å².